The van der Waals surface area contributed by atoms with Crippen molar-refractivity contribution in [3.05, 3.63) is 12.7 Å². The van der Waals surface area contributed by atoms with Crippen LogP contribution in [0.15, 0.2) is 12.7 Å². The Morgan fingerprint density at radius 1 is 1.64 bits per heavy atom. The third-order valence-corrected chi connectivity index (χ3v) is 2.47. The van der Waals surface area contributed by atoms with Crippen LogP contribution in [0.2, 0.25) is 0 Å². The van der Waals surface area contributed by atoms with Crippen molar-refractivity contribution < 1.29 is 0 Å². The van der Waals surface area contributed by atoms with Gasteiger partial charge in [0.2, 0.25) is 0 Å². The lowest BCUT2D eigenvalue weighted by molar-refractivity contribution is 0.552. The van der Waals surface area contributed by atoms with E-state index in [4.69, 9.17) is 0 Å². The Bertz CT molecular complexity index is 93.6. The largest absolute Gasteiger partial charge is 0.316 e. The molecule has 0 aromatic heterocycles. The zero-order valence-corrected chi connectivity index (χ0v) is 8.41. The van der Waals surface area contributed by atoms with E-state index in [1.54, 1.807) is 0 Å². The van der Waals surface area contributed by atoms with E-state index >= 15 is 0 Å². The fourth-order valence-corrected chi connectivity index (χ4v) is 1.76. The maximum atomic E-state index is 3.70. The molecule has 0 rings (SSSR count). The lowest BCUT2D eigenvalue weighted by atomic mass is 10.1. The molecule has 0 spiro atoms. The Balaban J connectivity index is 3.27. The van der Waals surface area contributed by atoms with E-state index in [9.17, 15) is 0 Å². The van der Waals surface area contributed by atoms with Gasteiger partial charge in [-0.3, -0.25) is 0 Å². The maximum absolute atomic E-state index is 3.70. The van der Waals surface area contributed by atoms with Gasteiger partial charge in [0.25, 0.3) is 0 Å². The van der Waals surface area contributed by atoms with Gasteiger partial charge < -0.3 is 5.32 Å². The molecule has 0 aliphatic heterocycles. The quantitative estimate of drug-likeness (QED) is 0.468. The minimum atomic E-state index is 0.685. The summed E-state index contributed by atoms with van der Waals surface area (Å²) in [5.74, 6) is 1.22. The first-order valence-electron chi connectivity index (χ1n) is 4.12. The lowest BCUT2D eigenvalue weighted by Gasteiger charge is -2.13. The molecule has 1 N–H and O–H groups in total. The molecule has 0 saturated heterocycles. The SMILES string of the molecule is C=CCCCC(CSC)NC. The number of thioether (sulfide) groups is 1. The Morgan fingerprint density at radius 3 is 2.82 bits per heavy atom. The Hall–Kier alpha value is 0.0500. The van der Waals surface area contributed by atoms with Gasteiger partial charge in [0, 0.05) is 11.8 Å². The van der Waals surface area contributed by atoms with E-state index in [0.717, 1.165) is 6.42 Å². The highest BCUT2D eigenvalue weighted by atomic mass is 32.2. The van der Waals surface area contributed by atoms with Crippen molar-refractivity contribution in [2.45, 2.75) is 25.3 Å². The Morgan fingerprint density at radius 2 is 2.36 bits per heavy atom. The van der Waals surface area contributed by atoms with Gasteiger partial charge >= 0.3 is 0 Å². The Kier molecular flexibility index (Phi) is 8.19. The second-order valence-electron chi connectivity index (χ2n) is 2.66. The summed E-state index contributed by atoms with van der Waals surface area (Å²) >= 11 is 1.90. The third-order valence-electron chi connectivity index (χ3n) is 1.74. The molecule has 0 aliphatic rings. The molecule has 0 aliphatic carbocycles. The number of hydrogen-bond acceptors (Lipinski definition) is 2. The zero-order valence-electron chi connectivity index (χ0n) is 7.60. The third kappa shape index (κ3) is 6.45. The van der Waals surface area contributed by atoms with Crippen LogP contribution in [0.1, 0.15) is 19.3 Å². The molecule has 1 atom stereocenters. The van der Waals surface area contributed by atoms with Gasteiger partial charge in [-0.1, -0.05) is 6.08 Å². The molecular weight excluding hydrogens is 154 g/mol. The van der Waals surface area contributed by atoms with Crippen molar-refractivity contribution >= 4 is 11.8 Å². The van der Waals surface area contributed by atoms with Gasteiger partial charge in [-0.15, -0.1) is 6.58 Å². The van der Waals surface area contributed by atoms with Gasteiger partial charge in [0.15, 0.2) is 0 Å². The van der Waals surface area contributed by atoms with Gasteiger partial charge in [-0.25, -0.2) is 0 Å². The molecule has 0 bridgehead atoms. The van der Waals surface area contributed by atoms with Crippen molar-refractivity contribution in [3.8, 4) is 0 Å². The summed E-state index contributed by atoms with van der Waals surface area (Å²) in [5.41, 5.74) is 0. The predicted molar refractivity (Wildman–Crippen MR) is 55.3 cm³/mol. The van der Waals surface area contributed by atoms with Crippen molar-refractivity contribution in [2.75, 3.05) is 19.1 Å². The zero-order chi connectivity index (χ0) is 8.53. The minimum Gasteiger partial charge on any atom is -0.316 e. The second-order valence-corrected chi connectivity index (χ2v) is 3.57. The summed E-state index contributed by atoms with van der Waals surface area (Å²) in [5, 5.41) is 3.31. The van der Waals surface area contributed by atoms with Crippen molar-refractivity contribution in [3.63, 3.8) is 0 Å². The molecule has 0 heterocycles. The molecule has 0 fully saturated rings. The summed E-state index contributed by atoms with van der Waals surface area (Å²) in [6.45, 7) is 3.70. The average molecular weight is 173 g/mol. The van der Waals surface area contributed by atoms with E-state index < -0.39 is 0 Å². The second kappa shape index (κ2) is 8.15. The molecular formula is C9H19NS. The number of nitrogens with one attached hydrogen (secondary N) is 1. The van der Waals surface area contributed by atoms with Gasteiger partial charge in [-0.2, -0.15) is 11.8 Å². The molecule has 0 amide bonds. The number of hydrogen-bond donors (Lipinski definition) is 1. The van der Waals surface area contributed by atoms with Gasteiger partial charge in [0.05, 0.1) is 0 Å². The summed E-state index contributed by atoms with van der Waals surface area (Å²) in [4.78, 5) is 0. The van der Waals surface area contributed by atoms with Crippen molar-refractivity contribution in [1.29, 1.82) is 0 Å². The summed E-state index contributed by atoms with van der Waals surface area (Å²) in [6, 6.07) is 0.685. The van der Waals surface area contributed by atoms with Crippen LogP contribution >= 0.6 is 11.8 Å². The molecule has 0 aromatic carbocycles. The van der Waals surface area contributed by atoms with Crippen LogP contribution < -0.4 is 5.32 Å². The highest BCUT2D eigenvalue weighted by Crippen LogP contribution is 2.05. The van der Waals surface area contributed by atoms with Crippen LogP contribution in [0.4, 0.5) is 0 Å². The lowest BCUT2D eigenvalue weighted by Crippen LogP contribution is -2.27. The average Bonchev–Trinajstić information content (AvgIpc) is 2.03. The van der Waals surface area contributed by atoms with E-state index in [1.165, 1.54) is 18.6 Å². The minimum absolute atomic E-state index is 0.685. The van der Waals surface area contributed by atoms with Gasteiger partial charge in [-0.05, 0) is 32.6 Å². The van der Waals surface area contributed by atoms with Gasteiger partial charge in [0.1, 0.15) is 0 Å². The molecule has 1 nitrogen and oxygen atoms in total. The molecule has 11 heavy (non-hydrogen) atoms. The summed E-state index contributed by atoms with van der Waals surface area (Å²) < 4.78 is 0. The number of unbranched alkanes of at least 4 members (excludes halogenated alkanes) is 1. The molecule has 2 heteroatoms. The molecule has 66 valence electrons. The first kappa shape index (κ1) is 11.1. The smallest absolute Gasteiger partial charge is 0.0155 e. The maximum Gasteiger partial charge on any atom is 0.0155 e. The summed E-state index contributed by atoms with van der Waals surface area (Å²) in [7, 11) is 2.04. The standard InChI is InChI=1S/C9H19NS/c1-4-5-6-7-9(10-2)8-11-3/h4,9-10H,1,5-8H2,2-3H3. The van der Waals surface area contributed by atoms with E-state index in [2.05, 4.69) is 18.2 Å². The molecule has 0 aromatic rings. The van der Waals surface area contributed by atoms with Crippen LogP contribution in [-0.4, -0.2) is 25.1 Å². The van der Waals surface area contributed by atoms with E-state index in [0.29, 0.717) is 6.04 Å². The van der Waals surface area contributed by atoms with E-state index in [1.807, 2.05) is 24.9 Å². The van der Waals surface area contributed by atoms with E-state index in [-0.39, 0.29) is 0 Å². The predicted octanol–water partition coefficient (Wildman–Crippen LogP) is 2.29. The topological polar surface area (TPSA) is 12.0 Å². The number of allylic oxidation sites excluding steroid dienone is 1. The normalized spacial score (nSPS) is 12.9. The van der Waals surface area contributed by atoms with Crippen LogP contribution in [0.3, 0.4) is 0 Å². The fourth-order valence-electron chi connectivity index (χ4n) is 1.02. The highest BCUT2D eigenvalue weighted by Gasteiger charge is 2.02. The van der Waals surface area contributed by atoms with Crippen LogP contribution in [0, 0.1) is 0 Å². The molecule has 0 radical (unpaired) electrons. The van der Waals surface area contributed by atoms with Crippen LogP contribution in [0.25, 0.3) is 0 Å². The van der Waals surface area contributed by atoms with Crippen molar-refractivity contribution in [2.24, 2.45) is 0 Å². The van der Waals surface area contributed by atoms with Crippen LogP contribution in [0.5, 0.6) is 0 Å². The fraction of sp³-hybridized carbons (Fsp3) is 0.778. The highest BCUT2D eigenvalue weighted by molar-refractivity contribution is 7.98. The first-order chi connectivity index (χ1) is 5.35. The first-order valence-corrected chi connectivity index (χ1v) is 5.51. The molecule has 1 unspecified atom stereocenters. The van der Waals surface area contributed by atoms with Crippen LogP contribution in [-0.2, 0) is 0 Å². The Labute approximate surface area is 74.6 Å². The monoisotopic (exact) mass is 173 g/mol. The number of rotatable bonds is 7. The summed E-state index contributed by atoms with van der Waals surface area (Å²) in [6.07, 6.45) is 7.81. The van der Waals surface area contributed by atoms with Crippen molar-refractivity contribution in [1.82, 2.24) is 5.32 Å². The molecule has 0 saturated carbocycles.